The molecule has 39 heavy (non-hydrogen) atoms. The summed E-state index contributed by atoms with van der Waals surface area (Å²) in [6.07, 6.45) is -10.2. The predicted molar refractivity (Wildman–Crippen MR) is 129 cm³/mol. The van der Waals surface area contributed by atoms with Gasteiger partial charge in [-0.2, -0.15) is 26.3 Å². The van der Waals surface area contributed by atoms with Gasteiger partial charge in [0.1, 0.15) is 0 Å². The van der Waals surface area contributed by atoms with Gasteiger partial charge >= 0.3 is 12.4 Å². The summed E-state index contributed by atoms with van der Waals surface area (Å²) in [5, 5.41) is 4.39. The van der Waals surface area contributed by atoms with E-state index in [2.05, 4.69) is 10.6 Å². The first-order valence-corrected chi connectivity index (χ1v) is 11.6. The number of nitrogens with two attached hydrogens (primary N) is 2. The van der Waals surface area contributed by atoms with E-state index >= 15 is 0 Å². The van der Waals surface area contributed by atoms with E-state index in [-0.39, 0.29) is 18.2 Å². The van der Waals surface area contributed by atoms with Gasteiger partial charge in [-0.15, -0.1) is 0 Å². The number of hydrogen-bond donors (Lipinski definition) is 4. The number of halogens is 6. The summed E-state index contributed by atoms with van der Waals surface area (Å²) < 4.78 is 81.7. The van der Waals surface area contributed by atoms with E-state index in [4.69, 9.17) is 11.5 Å². The van der Waals surface area contributed by atoms with Crippen LogP contribution in [0.25, 0.3) is 0 Å². The van der Waals surface area contributed by atoms with Crippen molar-refractivity contribution in [2.45, 2.75) is 50.6 Å². The summed E-state index contributed by atoms with van der Waals surface area (Å²) in [5.74, 6) is -6.69. The topological polar surface area (TPSA) is 144 Å². The summed E-state index contributed by atoms with van der Waals surface area (Å²) in [6, 6.07) is 4.99. The van der Waals surface area contributed by atoms with E-state index in [1.807, 2.05) is 0 Å². The van der Waals surface area contributed by atoms with Crippen LogP contribution in [0.5, 0.6) is 0 Å². The highest BCUT2D eigenvalue weighted by Crippen LogP contribution is 2.38. The molecule has 2 atom stereocenters. The first-order chi connectivity index (χ1) is 18.1. The number of para-hydroxylation sites is 1. The quantitative estimate of drug-likeness (QED) is 0.187. The molecule has 2 rings (SSSR count). The van der Waals surface area contributed by atoms with Crippen LogP contribution in [-0.2, 0) is 11.0 Å². The molecule has 0 aliphatic rings. The fourth-order valence-corrected chi connectivity index (χ4v) is 3.62. The van der Waals surface area contributed by atoms with Gasteiger partial charge < -0.3 is 22.1 Å². The third-order valence-corrected chi connectivity index (χ3v) is 5.58. The fraction of sp³-hybridized carbons (Fsp3) is 0.360. The summed E-state index contributed by atoms with van der Waals surface area (Å²) in [5.41, 5.74) is 4.73. The van der Waals surface area contributed by atoms with Gasteiger partial charge in [-0.25, -0.2) is 0 Å². The zero-order valence-electron chi connectivity index (χ0n) is 20.6. The number of ketones is 2. The molecule has 2 aromatic carbocycles. The van der Waals surface area contributed by atoms with E-state index in [1.165, 1.54) is 24.3 Å². The maximum absolute atomic E-state index is 13.8. The molecule has 0 aromatic heterocycles. The van der Waals surface area contributed by atoms with E-state index in [0.717, 1.165) is 6.92 Å². The van der Waals surface area contributed by atoms with Gasteiger partial charge in [-0.3, -0.25) is 19.2 Å². The van der Waals surface area contributed by atoms with Gasteiger partial charge in [-0.05, 0) is 50.6 Å². The molecule has 6 N–H and O–H groups in total. The normalized spacial score (nSPS) is 13.4. The number of unbranched alkanes of at least 4 members (excludes halogenated alkanes) is 1. The Morgan fingerprint density at radius 1 is 0.897 bits per heavy atom. The predicted octanol–water partition coefficient (Wildman–Crippen LogP) is 3.85. The number of Topliss-reactive ketones (excluding diaryl/α,β-unsaturated/α-hetero) is 2. The minimum Gasteiger partial charge on any atom is -0.345 e. The van der Waals surface area contributed by atoms with Gasteiger partial charge in [0.2, 0.25) is 5.91 Å². The van der Waals surface area contributed by atoms with E-state index < -0.39 is 70.1 Å². The molecular weight excluding hydrogens is 534 g/mol. The molecule has 0 saturated heterocycles. The highest BCUT2D eigenvalue weighted by atomic mass is 19.4. The molecule has 0 unspecified atom stereocenters. The standard InChI is InChI=1S/C25H26F6N4O4/c1-13(34-23(39)17(33)9-5-6-12-32)20(36)18-15(22(38)35-14-7-3-2-4-8-14)10-11-16(24(26,27)28)19(18)21(37)25(29,30)31/h2-4,7-8,10-11,13,17H,5-6,9,12,32-33H2,1H3,(H,34,39)(H,35,38)/t13-,17-/m0/s1. The molecule has 0 bridgehead atoms. The molecule has 2 aromatic rings. The van der Waals surface area contributed by atoms with Crippen molar-refractivity contribution in [3.05, 3.63) is 64.7 Å². The van der Waals surface area contributed by atoms with Crippen molar-refractivity contribution >= 4 is 29.1 Å². The summed E-state index contributed by atoms with van der Waals surface area (Å²) >= 11 is 0. The van der Waals surface area contributed by atoms with Crippen molar-refractivity contribution in [2.24, 2.45) is 11.5 Å². The minimum absolute atomic E-state index is 0.106. The number of benzene rings is 2. The molecule has 2 amide bonds. The van der Waals surface area contributed by atoms with Crippen LogP contribution >= 0.6 is 0 Å². The molecule has 0 aliphatic heterocycles. The van der Waals surface area contributed by atoms with E-state index in [9.17, 15) is 45.5 Å². The average Bonchev–Trinajstić information content (AvgIpc) is 2.86. The maximum atomic E-state index is 13.8. The van der Waals surface area contributed by atoms with E-state index in [1.54, 1.807) is 6.07 Å². The van der Waals surface area contributed by atoms with Crippen molar-refractivity contribution in [3.63, 3.8) is 0 Å². The van der Waals surface area contributed by atoms with Crippen LogP contribution in [0, 0.1) is 0 Å². The lowest BCUT2D eigenvalue weighted by molar-refractivity contribution is -0.138. The molecule has 212 valence electrons. The lowest BCUT2D eigenvalue weighted by Crippen LogP contribution is -2.47. The van der Waals surface area contributed by atoms with E-state index in [0.29, 0.717) is 25.5 Å². The largest absolute Gasteiger partial charge is 0.454 e. The Kier molecular flexibility index (Phi) is 10.4. The second-order valence-corrected chi connectivity index (χ2v) is 8.54. The Bertz CT molecular complexity index is 1220. The highest BCUT2D eigenvalue weighted by molar-refractivity contribution is 6.20. The summed E-state index contributed by atoms with van der Waals surface area (Å²) in [6.45, 7) is 1.30. The Hall–Kier alpha value is -3.78. The van der Waals surface area contributed by atoms with Gasteiger partial charge in [0.15, 0.2) is 5.78 Å². The number of carbonyl (C=O) groups is 4. The number of hydrogen-bond acceptors (Lipinski definition) is 6. The lowest BCUT2D eigenvalue weighted by Gasteiger charge is -2.22. The summed E-state index contributed by atoms with van der Waals surface area (Å²) in [7, 11) is 0. The maximum Gasteiger partial charge on any atom is 0.454 e. The van der Waals surface area contributed by atoms with Gasteiger partial charge in [-0.1, -0.05) is 24.6 Å². The zero-order chi connectivity index (χ0) is 29.5. The Morgan fingerprint density at radius 2 is 1.51 bits per heavy atom. The third kappa shape index (κ3) is 8.10. The van der Waals surface area contributed by atoms with Gasteiger partial charge in [0.25, 0.3) is 11.7 Å². The minimum atomic E-state index is -5.83. The Balaban J connectivity index is 2.65. The second kappa shape index (κ2) is 12.8. The van der Waals surface area contributed by atoms with Crippen LogP contribution in [0.15, 0.2) is 42.5 Å². The van der Waals surface area contributed by atoms with Crippen molar-refractivity contribution < 1.29 is 45.5 Å². The van der Waals surface area contributed by atoms with Crippen molar-refractivity contribution in [3.8, 4) is 0 Å². The molecular formula is C25H26F6N4O4. The average molecular weight is 560 g/mol. The second-order valence-electron chi connectivity index (χ2n) is 8.54. The SMILES string of the molecule is C[C@H](NC(=O)[C@@H](N)CCCCN)C(=O)c1c(C(=O)Nc2ccccc2)ccc(C(F)(F)F)c1C(=O)C(F)(F)F. The molecule has 14 heteroatoms. The molecule has 0 spiro atoms. The van der Waals surface area contributed by atoms with Crippen molar-refractivity contribution in [1.82, 2.24) is 5.32 Å². The molecule has 8 nitrogen and oxygen atoms in total. The van der Waals surface area contributed by atoms with Crippen molar-refractivity contribution in [1.29, 1.82) is 0 Å². The smallest absolute Gasteiger partial charge is 0.345 e. The van der Waals surface area contributed by atoms with Crippen LogP contribution in [0.3, 0.4) is 0 Å². The molecule has 0 saturated carbocycles. The Morgan fingerprint density at radius 3 is 2.05 bits per heavy atom. The van der Waals surface area contributed by atoms with Crippen LogP contribution in [0.4, 0.5) is 32.0 Å². The first-order valence-electron chi connectivity index (χ1n) is 11.6. The number of carbonyl (C=O) groups excluding carboxylic acids is 4. The van der Waals surface area contributed by atoms with Crippen molar-refractivity contribution in [2.75, 3.05) is 11.9 Å². The Labute approximate surface area is 219 Å². The van der Waals surface area contributed by atoms with Crippen LogP contribution in [0.1, 0.15) is 62.8 Å². The number of nitrogens with one attached hydrogen (secondary N) is 2. The number of anilines is 1. The number of rotatable bonds is 11. The zero-order valence-corrected chi connectivity index (χ0v) is 20.6. The number of alkyl halides is 6. The lowest BCUT2D eigenvalue weighted by atomic mass is 9.87. The van der Waals surface area contributed by atoms with Crippen LogP contribution in [-0.4, -0.2) is 48.2 Å². The fourth-order valence-electron chi connectivity index (χ4n) is 3.62. The van der Waals surface area contributed by atoms with Gasteiger partial charge in [0.05, 0.1) is 28.8 Å². The van der Waals surface area contributed by atoms with Gasteiger partial charge in [0, 0.05) is 11.3 Å². The van der Waals surface area contributed by atoms with Crippen LogP contribution in [0.2, 0.25) is 0 Å². The first kappa shape index (κ1) is 31.4. The monoisotopic (exact) mass is 560 g/mol. The third-order valence-electron chi connectivity index (χ3n) is 5.58. The molecule has 0 radical (unpaired) electrons. The molecule has 0 aliphatic carbocycles. The highest BCUT2D eigenvalue weighted by Gasteiger charge is 2.48. The molecule has 0 heterocycles. The number of amides is 2. The van der Waals surface area contributed by atoms with Crippen LogP contribution < -0.4 is 22.1 Å². The summed E-state index contributed by atoms with van der Waals surface area (Å²) in [4.78, 5) is 51.0. The molecule has 0 fully saturated rings.